The van der Waals surface area contributed by atoms with Gasteiger partial charge >= 0.3 is 0 Å². The van der Waals surface area contributed by atoms with Crippen LogP contribution in [0.1, 0.15) is 11.1 Å². The molecule has 1 heterocycles. The second-order valence-electron chi connectivity index (χ2n) is 3.36. The summed E-state index contributed by atoms with van der Waals surface area (Å²) in [6, 6.07) is 4.43. The summed E-state index contributed by atoms with van der Waals surface area (Å²) in [5, 5.41) is 2.07. The highest BCUT2D eigenvalue weighted by atomic mass is 19.1. The number of carbonyl (C=O) groups is 2. The second kappa shape index (κ2) is 3.31. The zero-order valence-electron chi connectivity index (χ0n) is 8.00. The third-order valence-corrected chi connectivity index (χ3v) is 2.17. The van der Waals surface area contributed by atoms with Crippen molar-refractivity contribution in [3.05, 3.63) is 41.2 Å². The normalized spacial score (nSPS) is 15.2. The van der Waals surface area contributed by atoms with Gasteiger partial charge in [0, 0.05) is 11.6 Å². The molecule has 0 fully saturated rings. The van der Waals surface area contributed by atoms with E-state index < -0.39 is 17.6 Å². The third-order valence-electron chi connectivity index (χ3n) is 2.17. The van der Waals surface area contributed by atoms with Crippen molar-refractivity contribution < 1.29 is 14.0 Å². The van der Waals surface area contributed by atoms with Crippen LogP contribution in [0.25, 0.3) is 5.57 Å². The summed E-state index contributed by atoms with van der Waals surface area (Å²) in [6.07, 6.45) is 1.11. The molecule has 1 N–H and O–H groups in total. The van der Waals surface area contributed by atoms with Gasteiger partial charge in [0.05, 0.1) is 5.57 Å². The topological polar surface area (TPSA) is 46.2 Å². The molecule has 0 aromatic heterocycles. The van der Waals surface area contributed by atoms with Crippen LogP contribution in [0.3, 0.4) is 0 Å². The van der Waals surface area contributed by atoms with E-state index in [9.17, 15) is 14.0 Å². The van der Waals surface area contributed by atoms with Crippen molar-refractivity contribution in [3.63, 3.8) is 0 Å². The van der Waals surface area contributed by atoms with Crippen molar-refractivity contribution in [2.75, 3.05) is 0 Å². The van der Waals surface area contributed by atoms with Gasteiger partial charge in [-0.3, -0.25) is 14.9 Å². The van der Waals surface area contributed by atoms with Crippen molar-refractivity contribution in [3.8, 4) is 0 Å². The first-order valence-electron chi connectivity index (χ1n) is 4.41. The maximum atomic E-state index is 13.4. The molecule has 0 unspecified atom stereocenters. The minimum absolute atomic E-state index is 0.0844. The number of hydrogen-bond acceptors (Lipinski definition) is 2. The number of amides is 2. The molecule has 0 aliphatic carbocycles. The molecular formula is C11H8FNO2. The maximum Gasteiger partial charge on any atom is 0.259 e. The lowest BCUT2D eigenvalue weighted by atomic mass is 10.0. The first kappa shape index (κ1) is 9.58. The number of carbonyl (C=O) groups excluding carboxylic acids is 2. The summed E-state index contributed by atoms with van der Waals surface area (Å²) in [5.74, 6) is -1.56. The molecule has 1 aliphatic heterocycles. The lowest BCUT2D eigenvalue weighted by molar-refractivity contribution is -0.123. The highest BCUT2D eigenvalue weighted by Crippen LogP contribution is 2.22. The molecule has 0 saturated carbocycles. The third kappa shape index (κ3) is 1.66. The largest absolute Gasteiger partial charge is 0.289 e. The van der Waals surface area contributed by atoms with Gasteiger partial charge in [-0.25, -0.2) is 4.39 Å². The number of benzene rings is 1. The molecular weight excluding hydrogens is 197 g/mol. The van der Waals surface area contributed by atoms with Crippen molar-refractivity contribution in [2.45, 2.75) is 6.92 Å². The number of halogens is 1. The summed E-state index contributed by atoms with van der Waals surface area (Å²) < 4.78 is 13.4. The molecule has 76 valence electrons. The van der Waals surface area contributed by atoms with Crippen molar-refractivity contribution in [1.82, 2.24) is 5.32 Å². The highest BCUT2D eigenvalue weighted by Gasteiger charge is 2.24. The van der Waals surface area contributed by atoms with Crippen molar-refractivity contribution >= 4 is 17.4 Å². The van der Waals surface area contributed by atoms with E-state index in [4.69, 9.17) is 0 Å². The van der Waals surface area contributed by atoms with Gasteiger partial charge in [0.2, 0.25) is 0 Å². The van der Waals surface area contributed by atoms with Gasteiger partial charge in [-0.05, 0) is 19.1 Å². The molecule has 0 radical (unpaired) electrons. The van der Waals surface area contributed by atoms with E-state index in [0.717, 1.165) is 11.6 Å². The minimum Gasteiger partial charge on any atom is -0.289 e. The summed E-state index contributed by atoms with van der Waals surface area (Å²) in [7, 11) is 0. The van der Waals surface area contributed by atoms with E-state index in [2.05, 4.69) is 5.32 Å². The van der Waals surface area contributed by atoms with Crippen molar-refractivity contribution in [2.24, 2.45) is 0 Å². The monoisotopic (exact) mass is 205 g/mol. The van der Waals surface area contributed by atoms with Crippen LogP contribution in [0.2, 0.25) is 0 Å². The minimum atomic E-state index is -0.551. The molecule has 1 aromatic rings. The zero-order chi connectivity index (χ0) is 11.0. The van der Waals surface area contributed by atoms with E-state index in [1.807, 2.05) is 0 Å². The van der Waals surface area contributed by atoms with Crippen LogP contribution in [0.15, 0.2) is 24.3 Å². The molecule has 4 heteroatoms. The summed E-state index contributed by atoms with van der Waals surface area (Å²) in [6.45, 7) is 1.79. The highest BCUT2D eigenvalue weighted by molar-refractivity contribution is 6.33. The molecule has 3 nitrogen and oxygen atoms in total. The van der Waals surface area contributed by atoms with Gasteiger partial charge in [0.1, 0.15) is 5.82 Å². The van der Waals surface area contributed by atoms with Crippen LogP contribution in [0.5, 0.6) is 0 Å². The van der Waals surface area contributed by atoms with Crippen LogP contribution >= 0.6 is 0 Å². The maximum absolute atomic E-state index is 13.4. The predicted octanol–water partition coefficient (Wildman–Crippen LogP) is 1.17. The molecule has 15 heavy (non-hydrogen) atoms. The Morgan fingerprint density at radius 1 is 1.27 bits per heavy atom. The Bertz CT molecular complexity index is 491. The molecule has 0 bridgehead atoms. The Labute approximate surface area is 85.6 Å². The first-order chi connectivity index (χ1) is 7.08. The quantitative estimate of drug-likeness (QED) is 0.699. The fraction of sp³-hybridized carbons (Fsp3) is 0.0909. The van der Waals surface area contributed by atoms with Gasteiger partial charge in [0.15, 0.2) is 0 Å². The summed E-state index contributed by atoms with van der Waals surface area (Å²) in [4.78, 5) is 22.2. The molecule has 1 aromatic carbocycles. The van der Waals surface area contributed by atoms with E-state index in [-0.39, 0.29) is 11.1 Å². The SMILES string of the molecule is Cc1ccc(F)c(C2=CC(=O)NC2=O)c1. The molecule has 0 saturated heterocycles. The number of nitrogens with one attached hydrogen (secondary N) is 1. The average Bonchev–Trinajstić information content (AvgIpc) is 2.50. The van der Waals surface area contributed by atoms with Crippen LogP contribution in [-0.4, -0.2) is 11.8 Å². The lowest BCUT2D eigenvalue weighted by Gasteiger charge is -2.03. The molecule has 1 aliphatic rings. The van der Waals surface area contributed by atoms with Crippen LogP contribution < -0.4 is 5.32 Å². The van der Waals surface area contributed by atoms with E-state index >= 15 is 0 Å². The van der Waals surface area contributed by atoms with Gasteiger partial charge in [-0.2, -0.15) is 0 Å². The Balaban J connectivity index is 2.54. The lowest BCUT2D eigenvalue weighted by Crippen LogP contribution is -2.22. The smallest absolute Gasteiger partial charge is 0.259 e. The van der Waals surface area contributed by atoms with Gasteiger partial charge in [-0.15, -0.1) is 0 Å². The Kier molecular flexibility index (Phi) is 2.11. The van der Waals surface area contributed by atoms with Gasteiger partial charge < -0.3 is 0 Å². The van der Waals surface area contributed by atoms with Crippen molar-refractivity contribution in [1.29, 1.82) is 0 Å². The molecule has 2 amide bonds. The van der Waals surface area contributed by atoms with Crippen LogP contribution in [0, 0.1) is 12.7 Å². The Morgan fingerprint density at radius 2 is 2.00 bits per heavy atom. The first-order valence-corrected chi connectivity index (χ1v) is 4.41. The van der Waals surface area contributed by atoms with Crippen LogP contribution in [0.4, 0.5) is 4.39 Å². The molecule has 0 spiro atoms. The number of aryl methyl sites for hydroxylation is 1. The summed E-state index contributed by atoms with van der Waals surface area (Å²) >= 11 is 0. The molecule has 0 atom stereocenters. The number of hydrogen-bond donors (Lipinski definition) is 1. The Hall–Kier alpha value is -1.97. The Morgan fingerprint density at radius 3 is 2.60 bits per heavy atom. The second-order valence-corrected chi connectivity index (χ2v) is 3.36. The molecule has 2 rings (SSSR count). The van der Waals surface area contributed by atoms with Gasteiger partial charge in [0.25, 0.3) is 11.8 Å². The van der Waals surface area contributed by atoms with Gasteiger partial charge in [-0.1, -0.05) is 11.6 Å². The van der Waals surface area contributed by atoms with Crippen LogP contribution in [-0.2, 0) is 9.59 Å². The fourth-order valence-electron chi connectivity index (χ4n) is 1.46. The van der Waals surface area contributed by atoms with E-state index in [0.29, 0.717) is 0 Å². The zero-order valence-corrected chi connectivity index (χ0v) is 8.00. The van der Waals surface area contributed by atoms with E-state index in [1.165, 1.54) is 6.07 Å². The standard InChI is InChI=1S/C11H8FNO2/c1-6-2-3-9(12)7(4-6)8-5-10(14)13-11(8)15/h2-5H,1H3,(H,13,14,15). The average molecular weight is 205 g/mol. The summed E-state index contributed by atoms with van der Waals surface area (Å²) in [5.41, 5.74) is 1.08. The number of imide groups is 1. The number of rotatable bonds is 1. The predicted molar refractivity (Wildman–Crippen MR) is 52.3 cm³/mol. The van der Waals surface area contributed by atoms with E-state index in [1.54, 1.807) is 19.1 Å². The fourth-order valence-corrected chi connectivity index (χ4v) is 1.46.